The first-order chi connectivity index (χ1) is 21.9. The van der Waals surface area contributed by atoms with Crippen LogP contribution in [-0.2, 0) is 28.8 Å². The largest absolute Gasteiger partial charge is 0.492 e. The van der Waals surface area contributed by atoms with Crippen molar-refractivity contribution in [3.05, 3.63) is 101 Å². The van der Waals surface area contributed by atoms with Crippen molar-refractivity contribution in [2.45, 2.75) is 76.3 Å². The number of carbonyl (C=O) groups is 2. The van der Waals surface area contributed by atoms with Crippen LogP contribution in [0.2, 0.25) is 0 Å². The van der Waals surface area contributed by atoms with Crippen LogP contribution in [0.4, 0.5) is 4.79 Å². The lowest BCUT2D eigenvalue weighted by atomic mass is 9.88. The maximum absolute atomic E-state index is 14.0. The quantitative estimate of drug-likeness (QED) is 0.208. The number of carbonyl (C=O) groups excluding carboxylic acids is 2. The smallest absolute Gasteiger partial charge is 0.407 e. The summed E-state index contributed by atoms with van der Waals surface area (Å²) in [5.74, 6) is -0.196. The van der Waals surface area contributed by atoms with E-state index < -0.39 is 41.9 Å². The summed E-state index contributed by atoms with van der Waals surface area (Å²) in [6.07, 6.45) is -1.22. The van der Waals surface area contributed by atoms with Gasteiger partial charge in [-0.05, 0) is 88.5 Å². The molecule has 0 heterocycles. The van der Waals surface area contributed by atoms with Gasteiger partial charge in [0.15, 0.2) is 0 Å². The van der Waals surface area contributed by atoms with Crippen LogP contribution in [-0.4, -0.2) is 78.2 Å². The molecular weight excluding hydrogens is 582 g/mol. The highest BCUT2D eigenvalue weighted by atomic mass is 16.6. The molecule has 0 bridgehead atoms. The number of amides is 2. The fourth-order valence-corrected chi connectivity index (χ4v) is 5.72. The average molecular weight is 632 g/mol. The summed E-state index contributed by atoms with van der Waals surface area (Å²) in [5, 5.41) is 28.4. The molecule has 46 heavy (non-hydrogen) atoms. The predicted octanol–water partition coefficient (Wildman–Crippen LogP) is 4.45. The molecule has 5 atom stereocenters. The first-order valence-electron chi connectivity index (χ1n) is 16.0. The zero-order chi connectivity index (χ0) is 33.3. The molecule has 1 unspecified atom stereocenters. The number of ether oxygens (including phenoxy) is 2. The summed E-state index contributed by atoms with van der Waals surface area (Å²) in [6.45, 7) is 6.69. The number of rotatable bonds is 14. The highest BCUT2D eigenvalue weighted by Gasteiger charge is 2.35. The molecule has 3 aromatic rings. The second kappa shape index (κ2) is 16.1. The van der Waals surface area contributed by atoms with Gasteiger partial charge in [-0.2, -0.15) is 0 Å². The Balaban J connectivity index is 1.55. The van der Waals surface area contributed by atoms with Gasteiger partial charge in [-0.15, -0.1) is 0 Å². The number of nitrogens with zero attached hydrogens (tertiary/aromatic N) is 1. The molecule has 9 heteroatoms. The van der Waals surface area contributed by atoms with Crippen LogP contribution < -0.4 is 15.4 Å². The fourth-order valence-electron chi connectivity index (χ4n) is 5.72. The van der Waals surface area contributed by atoms with Gasteiger partial charge in [0.2, 0.25) is 5.91 Å². The third kappa shape index (κ3) is 10.6. The van der Waals surface area contributed by atoms with Crippen molar-refractivity contribution in [2.24, 2.45) is 5.92 Å². The van der Waals surface area contributed by atoms with Gasteiger partial charge in [0, 0.05) is 18.9 Å². The minimum atomic E-state index is -1.07. The molecule has 0 saturated carbocycles. The van der Waals surface area contributed by atoms with Gasteiger partial charge in [-0.25, -0.2) is 4.79 Å². The molecule has 1 aliphatic rings. The maximum atomic E-state index is 14.0. The van der Waals surface area contributed by atoms with E-state index in [0.29, 0.717) is 25.9 Å². The SMILES string of the molecule is CN(C)CCOc1ccc(C[C@H](C[C@H](O)[C@H](Cc2ccccc2)NC(=O)OC(C)(C)C)C(=O)NC2c3ccccc3C[C@H]2O)cc1. The number of likely N-dealkylation sites (N-methyl/N-ethyl adjacent to an activating group) is 1. The Labute approximate surface area is 272 Å². The number of alkyl carbamates (subject to hydrolysis) is 1. The molecule has 1 aliphatic carbocycles. The van der Waals surface area contributed by atoms with Gasteiger partial charge >= 0.3 is 6.09 Å². The fraction of sp³-hybridized carbons (Fsp3) is 0.459. The van der Waals surface area contributed by atoms with E-state index in [2.05, 4.69) is 10.6 Å². The number of nitrogens with one attached hydrogen (secondary N) is 2. The van der Waals surface area contributed by atoms with Crippen LogP contribution in [0.1, 0.15) is 55.5 Å². The topological polar surface area (TPSA) is 120 Å². The summed E-state index contributed by atoms with van der Waals surface area (Å²) in [5.41, 5.74) is 3.02. The summed E-state index contributed by atoms with van der Waals surface area (Å²) in [6, 6.07) is 23.7. The molecule has 0 aliphatic heterocycles. The zero-order valence-corrected chi connectivity index (χ0v) is 27.6. The first-order valence-corrected chi connectivity index (χ1v) is 16.0. The Morgan fingerprint density at radius 3 is 2.26 bits per heavy atom. The molecule has 3 aromatic carbocycles. The lowest BCUT2D eigenvalue weighted by Crippen LogP contribution is -2.48. The second-order valence-corrected chi connectivity index (χ2v) is 13.4. The van der Waals surface area contributed by atoms with E-state index in [4.69, 9.17) is 9.47 Å². The van der Waals surface area contributed by atoms with Crippen LogP contribution in [0.3, 0.4) is 0 Å². The van der Waals surface area contributed by atoms with E-state index >= 15 is 0 Å². The van der Waals surface area contributed by atoms with Crippen molar-refractivity contribution in [1.82, 2.24) is 15.5 Å². The van der Waals surface area contributed by atoms with E-state index in [1.165, 1.54) is 0 Å². The molecule has 248 valence electrons. The maximum Gasteiger partial charge on any atom is 0.407 e. The minimum Gasteiger partial charge on any atom is -0.492 e. The standard InChI is InChI=1S/C37H49N3O6/c1-37(2,3)46-36(44)38-31(22-25-11-7-6-8-12-25)32(41)24-28(21-26-15-17-29(18-16-26)45-20-19-40(4)5)35(43)39-34-30-14-10-9-13-27(30)23-33(34)42/h6-18,28,31-34,41-42H,19-24H2,1-5H3,(H,38,44)(H,39,43)/t28-,31+,32+,33-,34?/m1/s1. The summed E-state index contributed by atoms with van der Waals surface area (Å²) < 4.78 is 11.3. The van der Waals surface area contributed by atoms with Gasteiger partial charge in [-0.1, -0.05) is 66.7 Å². The van der Waals surface area contributed by atoms with E-state index in [9.17, 15) is 19.8 Å². The number of fused-ring (bicyclic) bond motifs is 1. The molecule has 4 N–H and O–H groups in total. The van der Waals surface area contributed by atoms with Crippen molar-refractivity contribution in [3.63, 3.8) is 0 Å². The van der Waals surface area contributed by atoms with Gasteiger partial charge in [0.1, 0.15) is 18.0 Å². The minimum absolute atomic E-state index is 0.0741. The summed E-state index contributed by atoms with van der Waals surface area (Å²) in [4.78, 5) is 28.9. The van der Waals surface area contributed by atoms with Crippen LogP contribution in [0, 0.1) is 5.92 Å². The average Bonchev–Trinajstić information content (AvgIpc) is 3.31. The Bertz CT molecular complexity index is 1410. The molecule has 4 rings (SSSR count). The number of aliphatic hydroxyl groups is 2. The Morgan fingerprint density at radius 2 is 1.59 bits per heavy atom. The molecule has 0 saturated heterocycles. The summed E-state index contributed by atoms with van der Waals surface area (Å²) >= 11 is 0. The highest BCUT2D eigenvalue weighted by molar-refractivity contribution is 5.80. The van der Waals surface area contributed by atoms with E-state index in [0.717, 1.165) is 34.5 Å². The van der Waals surface area contributed by atoms with Gasteiger partial charge in [-0.3, -0.25) is 4.79 Å². The normalized spacial score (nSPS) is 17.9. The predicted molar refractivity (Wildman–Crippen MR) is 179 cm³/mol. The van der Waals surface area contributed by atoms with Crippen LogP contribution in [0.5, 0.6) is 5.75 Å². The number of benzene rings is 3. The van der Waals surface area contributed by atoms with Gasteiger partial charge in [0.05, 0.1) is 24.3 Å². The second-order valence-electron chi connectivity index (χ2n) is 13.4. The van der Waals surface area contributed by atoms with Gasteiger partial charge < -0.3 is 35.2 Å². The monoisotopic (exact) mass is 631 g/mol. The number of hydrogen-bond donors (Lipinski definition) is 4. The zero-order valence-electron chi connectivity index (χ0n) is 27.6. The molecule has 0 fully saturated rings. The molecular formula is C37H49N3O6. The third-order valence-electron chi connectivity index (χ3n) is 8.08. The number of aliphatic hydroxyl groups excluding tert-OH is 2. The Morgan fingerprint density at radius 1 is 0.935 bits per heavy atom. The first kappa shape index (κ1) is 34.9. The van der Waals surface area contributed by atoms with Crippen LogP contribution in [0.15, 0.2) is 78.9 Å². The number of hydrogen-bond acceptors (Lipinski definition) is 7. The van der Waals surface area contributed by atoms with Gasteiger partial charge in [0.25, 0.3) is 0 Å². The van der Waals surface area contributed by atoms with Crippen molar-refractivity contribution < 1.29 is 29.3 Å². The summed E-state index contributed by atoms with van der Waals surface area (Å²) in [7, 11) is 3.98. The van der Waals surface area contributed by atoms with E-state index in [1.54, 1.807) is 20.8 Å². The molecule has 2 amide bonds. The molecule has 0 aromatic heterocycles. The van der Waals surface area contributed by atoms with Crippen molar-refractivity contribution in [1.29, 1.82) is 0 Å². The van der Waals surface area contributed by atoms with E-state index in [-0.39, 0.29) is 12.3 Å². The van der Waals surface area contributed by atoms with Crippen molar-refractivity contribution >= 4 is 12.0 Å². The highest BCUT2D eigenvalue weighted by Crippen LogP contribution is 2.32. The van der Waals surface area contributed by atoms with Crippen LogP contribution >= 0.6 is 0 Å². The lowest BCUT2D eigenvalue weighted by molar-refractivity contribution is -0.127. The molecule has 0 radical (unpaired) electrons. The molecule has 9 nitrogen and oxygen atoms in total. The van der Waals surface area contributed by atoms with Crippen LogP contribution in [0.25, 0.3) is 0 Å². The lowest BCUT2D eigenvalue weighted by Gasteiger charge is -2.29. The van der Waals surface area contributed by atoms with Crippen molar-refractivity contribution in [3.8, 4) is 5.75 Å². The van der Waals surface area contributed by atoms with E-state index in [1.807, 2.05) is 97.9 Å². The third-order valence-corrected chi connectivity index (χ3v) is 8.08. The Kier molecular flexibility index (Phi) is 12.2. The Hall–Kier alpha value is -3.92. The van der Waals surface area contributed by atoms with Crippen molar-refractivity contribution in [2.75, 3.05) is 27.2 Å². The molecule has 0 spiro atoms.